The van der Waals surface area contributed by atoms with Crippen LogP contribution in [0.1, 0.15) is 226 Å². The first-order valence-electron chi connectivity index (χ1n) is 25.7. The number of carbonyl (C=O) groups is 3. The molecule has 0 amide bonds. The maximum Gasteiger partial charge on any atom is 0.306 e. The minimum atomic E-state index is -0.812. The molecule has 0 rings (SSSR count). The third-order valence-corrected chi connectivity index (χ3v) is 10.6. The molecule has 0 aromatic rings. The van der Waals surface area contributed by atoms with Gasteiger partial charge in [0.25, 0.3) is 0 Å². The molecular weight excluding hydrogens is 781 g/mol. The molecule has 0 aromatic carbocycles. The Morgan fingerprint density at radius 3 is 1.10 bits per heavy atom. The average Bonchev–Trinajstić information content (AvgIpc) is 3.28. The van der Waals surface area contributed by atoms with Crippen LogP contribution in [0.5, 0.6) is 0 Å². The molecular formula is C57H94O6. The van der Waals surface area contributed by atoms with Gasteiger partial charge in [-0.3, -0.25) is 14.4 Å². The predicted molar refractivity (Wildman–Crippen MR) is 270 cm³/mol. The highest BCUT2D eigenvalue weighted by Gasteiger charge is 2.19. The van der Waals surface area contributed by atoms with Crippen LogP contribution in [0.2, 0.25) is 0 Å². The van der Waals surface area contributed by atoms with E-state index in [0.29, 0.717) is 19.3 Å². The van der Waals surface area contributed by atoms with E-state index in [1.54, 1.807) is 0 Å². The molecule has 6 nitrogen and oxygen atoms in total. The van der Waals surface area contributed by atoms with Gasteiger partial charge in [0.15, 0.2) is 6.10 Å². The Labute approximate surface area is 387 Å². The van der Waals surface area contributed by atoms with E-state index >= 15 is 0 Å². The fraction of sp³-hybridized carbons (Fsp3) is 0.667. The van der Waals surface area contributed by atoms with Gasteiger partial charge in [-0.05, 0) is 89.9 Å². The molecule has 6 heteroatoms. The van der Waals surface area contributed by atoms with E-state index in [9.17, 15) is 14.4 Å². The van der Waals surface area contributed by atoms with E-state index in [-0.39, 0.29) is 37.5 Å². The lowest BCUT2D eigenvalue weighted by Crippen LogP contribution is -2.30. The zero-order valence-corrected chi connectivity index (χ0v) is 40.8. The van der Waals surface area contributed by atoms with Crippen LogP contribution in [-0.2, 0) is 28.6 Å². The molecule has 358 valence electrons. The van der Waals surface area contributed by atoms with E-state index in [0.717, 1.165) is 103 Å². The van der Waals surface area contributed by atoms with E-state index in [1.807, 2.05) is 6.08 Å². The molecule has 0 heterocycles. The third kappa shape index (κ3) is 49.2. The molecule has 0 spiro atoms. The molecule has 0 N–H and O–H groups in total. The van der Waals surface area contributed by atoms with Gasteiger partial charge in [-0.25, -0.2) is 0 Å². The van der Waals surface area contributed by atoms with Crippen molar-refractivity contribution >= 4 is 17.9 Å². The predicted octanol–water partition coefficient (Wildman–Crippen LogP) is 17.0. The molecule has 0 radical (unpaired) electrons. The van der Waals surface area contributed by atoms with Crippen LogP contribution in [0, 0.1) is 0 Å². The van der Waals surface area contributed by atoms with Crippen LogP contribution < -0.4 is 0 Å². The monoisotopic (exact) mass is 875 g/mol. The van der Waals surface area contributed by atoms with Crippen LogP contribution in [0.3, 0.4) is 0 Å². The summed E-state index contributed by atoms with van der Waals surface area (Å²) in [5.41, 5.74) is 0. The minimum absolute atomic E-state index is 0.109. The third-order valence-electron chi connectivity index (χ3n) is 10.6. The van der Waals surface area contributed by atoms with Crippen molar-refractivity contribution in [2.45, 2.75) is 232 Å². The number of esters is 3. The van der Waals surface area contributed by atoms with Crippen LogP contribution in [0.4, 0.5) is 0 Å². The first kappa shape index (κ1) is 59.3. The number of unbranched alkanes of at least 4 members (excludes halogenated alkanes) is 18. The molecule has 0 fully saturated rings. The summed E-state index contributed by atoms with van der Waals surface area (Å²) in [5, 5.41) is 0. The summed E-state index contributed by atoms with van der Waals surface area (Å²) < 4.78 is 16.7. The summed E-state index contributed by atoms with van der Waals surface area (Å²) in [6, 6.07) is 0. The van der Waals surface area contributed by atoms with Gasteiger partial charge in [0.1, 0.15) is 13.2 Å². The number of hydrogen-bond donors (Lipinski definition) is 0. The lowest BCUT2D eigenvalue weighted by atomic mass is 10.1. The smallest absolute Gasteiger partial charge is 0.306 e. The molecule has 0 saturated carbocycles. The van der Waals surface area contributed by atoms with Gasteiger partial charge >= 0.3 is 17.9 Å². The van der Waals surface area contributed by atoms with Crippen molar-refractivity contribution in [3.63, 3.8) is 0 Å². The quantitative estimate of drug-likeness (QED) is 0.0262. The summed E-state index contributed by atoms with van der Waals surface area (Å²) in [6.07, 6.45) is 66.9. The molecule has 0 aliphatic rings. The van der Waals surface area contributed by atoms with Gasteiger partial charge < -0.3 is 14.2 Å². The van der Waals surface area contributed by atoms with Crippen molar-refractivity contribution < 1.29 is 28.6 Å². The second kappa shape index (κ2) is 51.0. The Morgan fingerprint density at radius 2 is 0.651 bits per heavy atom. The van der Waals surface area contributed by atoms with Crippen molar-refractivity contribution in [2.24, 2.45) is 0 Å². The summed E-state index contributed by atoms with van der Waals surface area (Å²) >= 11 is 0. The number of hydrogen-bond acceptors (Lipinski definition) is 6. The fourth-order valence-electron chi connectivity index (χ4n) is 6.73. The van der Waals surface area contributed by atoms with E-state index in [2.05, 4.69) is 112 Å². The van der Waals surface area contributed by atoms with Crippen LogP contribution >= 0.6 is 0 Å². The Hall–Kier alpha value is -3.67. The summed E-state index contributed by atoms with van der Waals surface area (Å²) in [4.78, 5) is 37.9. The zero-order valence-electron chi connectivity index (χ0n) is 40.8. The highest BCUT2D eigenvalue weighted by Crippen LogP contribution is 2.14. The summed E-state index contributed by atoms with van der Waals surface area (Å²) in [5.74, 6) is -1.01. The molecule has 0 aliphatic carbocycles. The van der Waals surface area contributed by atoms with Gasteiger partial charge in [0.2, 0.25) is 0 Å². The Kier molecular flexibility index (Phi) is 48.0. The largest absolute Gasteiger partial charge is 0.462 e. The second-order valence-electron chi connectivity index (χ2n) is 16.7. The van der Waals surface area contributed by atoms with E-state index in [1.165, 1.54) is 77.0 Å². The Balaban J connectivity index is 4.50. The fourth-order valence-corrected chi connectivity index (χ4v) is 6.73. The van der Waals surface area contributed by atoms with Gasteiger partial charge in [-0.2, -0.15) is 0 Å². The first-order valence-corrected chi connectivity index (χ1v) is 25.7. The molecule has 0 unspecified atom stereocenters. The van der Waals surface area contributed by atoms with E-state index < -0.39 is 6.10 Å². The standard InChI is InChI=1S/C57H94O6/c1-4-7-10-13-16-19-22-24-26-27-28-29-31-33-36-38-41-44-47-50-56(59)62-53-54(63-57(60)51-48-45-42-39-34-21-18-15-12-9-6-3)52-61-55(58)49-46-43-40-37-35-32-30-25-23-20-17-14-11-8-5-2/h8,11,16-17,19-20,24-26,28-30,33,36,41,44,54H,4-7,9-10,12-15,18,21-23,27,31-32,34-35,37-40,42-43,45-53H2,1-3H3/b11-8-,19-16-,20-17-,26-24-,29-28-,30-25-,36-33-,44-41-/t54-/m1/s1. The van der Waals surface area contributed by atoms with Gasteiger partial charge in [0.05, 0.1) is 0 Å². The average molecular weight is 875 g/mol. The molecule has 0 bridgehead atoms. The van der Waals surface area contributed by atoms with Crippen molar-refractivity contribution in [1.82, 2.24) is 0 Å². The first-order chi connectivity index (χ1) is 31.0. The zero-order chi connectivity index (χ0) is 45.8. The van der Waals surface area contributed by atoms with Crippen molar-refractivity contribution in [3.8, 4) is 0 Å². The van der Waals surface area contributed by atoms with Crippen molar-refractivity contribution in [3.05, 3.63) is 97.2 Å². The second-order valence-corrected chi connectivity index (χ2v) is 16.7. The molecule has 63 heavy (non-hydrogen) atoms. The number of carbonyl (C=O) groups excluding carboxylic acids is 3. The Bertz CT molecular complexity index is 1280. The number of ether oxygens (including phenoxy) is 3. The Morgan fingerprint density at radius 1 is 0.333 bits per heavy atom. The van der Waals surface area contributed by atoms with Crippen LogP contribution in [-0.4, -0.2) is 37.2 Å². The maximum atomic E-state index is 12.8. The van der Waals surface area contributed by atoms with Gasteiger partial charge in [-0.1, -0.05) is 214 Å². The SMILES string of the molecule is CC/C=C\C/C=C\C/C=C\CCCCCCCC(=O)OC[C@H](COC(=O)CC/C=C\C/C=C\C/C=C\C/C=C\C/C=C\CCCCC)OC(=O)CCCCCCCCCCCCC. The minimum Gasteiger partial charge on any atom is -0.462 e. The lowest BCUT2D eigenvalue weighted by Gasteiger charge is -2.18. The highest BCUT2D eigenvalue weighted by atomic mass is 16.6. The van der Waals surface area contributed by atoms with E-state index in [4.69, 9.17) is 14.2 Å². The molecule has 1 atom stereocenters. The number of allylic oxidation sites excluding steroid dienone is 16. The summed E-state index contributed by atoms with van der Waals surface area (Å²) in [7, 11) is 0. The normalized spacial score (nSPS) is 12.9. The highest BCUT2D eigenvalue weighted by molar-refractivity contribution is 5.71. The lowest BCUT2D eigenvalue weighted by molar-refractivity contribution is -0.166. The molecule has 0 aliphatic heterocycles. The van der Waals surface area contributed by atoms with Crippen LogP contribution in [0.25, 0.3) is 0 Å². The number of rotatable bonds is 45. The van der Waals surface area contributed by atoms with Crippen LogP contribution in [0.15, 0.2) is 97.2 Å². The van der Waals surface area contributed by atoms with Crippen molar-refractivity contribution in [2.75, 3.05) is 13.2 Å². The maximum absolute atomic E-state index is 12.8. The summed E-state index contributed by atoms with van der Waals surface area (Å²) in [6.45, 7) is 6.40. The van der Waals surface area contributed by atoms with Gasteiger partial charge in [-0.15, -0.1) is 0 Å². The van der Waals surface area contributed by atoms with Gasteiger partial charge in [0, 0.05) is 19.3 Å². The molecule has 0 saturated heterocycles. The van der Waals surface area contributed by atoms with Crippen molar-refractivity contribution in [1.29, 1.82) is 0 Å². The molecule has 0 aromatic heterocycles. The topological polar surface area (TPSA) is 78.9 Å².